The monoisotopic (exact) mass is 435 g/mol. The lowest BCUT2D eigenvalue weighted by Gasteiger charge is -2.10. The van der Waals surface area contributed by atoms with E-state index in [1.54, 1.807) is 24.3 Å². The molecule has 0 spiro atoms. The van der Waals surface area contributed by atoms with Crippen LogP contribution in [-0.2, 0) is 4.79 Å². The summed E-state index contributed by atoms with van der Waals surface area (Å²) in [6.07, 6.45) is 0. The second-order valence-electron chi connectivity index (χ2n) is 7.23. The third-order valence-corrected chi connectivity index (χ3v) is 4.70. The average Bonchev–Trinajstić information content (AvgIpc) is 3.20. The molecule has 1 amide bonds. The van der Waals surface area contributed by atoms with Gasteiger partial charge in [0.15, 0.2) is 18.1 Å². The summed E-state index contributed by atoms with van der Waals surface area (Å²) in [6, 6.07) is 15.1. The van der Waals surface area contributed by atoms with Crippen molar-refractivity contribution in [3.8, 4) is 23.0 Å². The number of benzene rings is 2. The van der Waals surface area contributed by atoms with E-state index in [4.69, 9.17) is 9.47 Å². The van der Waals surface area contributed by atoms with Gasteiger partial charge in [0.25, 0.3) is 5.91 Å². The highest BCUT2D eigenvalue weighted by atomic mass is 19.1. The highest BCUT2D eigenvalue weighted by Crippen LogP contribution is 2.20. The van der Waals surface area contributed by atoms with Crippen LogP contribution >= 0.6 is 0 Å². The molecule has 164 valence electrons. The number of fused-ring (bicyclic) bond motifs is 1. The van der Waals surface area contributed by atoms with Gasteiger partial charge in [-0.3, -0.25) is 4.79 Å². The van der Waals surface area contributed by atoms with Crippen LogP contribution in [0.3, 0.4) is 0 Å². The zero-order valence-electron chi connectivity index (χ0n) is 17.7. The molecule has 1 N–H and O–H groups in total. The molecular weight excluding hydrogens is 413 g/mol. The number of aromatic nitrogens is 4. The molecule has 0 aliphatic heterocycles. The summed E-state index contributed by atoms with van der Waals surface area (Å²) in [4.78, 5) is 12.0. The number of nitrogens with one attached hydrogen (secondary N) is 1. The molecule has 0 radical (unpaired) electrons. The number of carbonyl (C=O) groups is 1. The molecule has 0 saturated heterocycles. The highest BCUT2D eigenvalue weighted by molar-refractivity contribution is 5.77. The van der Waals surface area contributed by atoms with Gasteiger partial charge in [-0.25, -0.2) is 4.39 Å². The smallest absolute Gasteiger partial charge is 0.258 e. The third-order valence-electron chi connectivity index (χ3n) is 4.70. The maximum atomic E-state index is 13.2. The zero-order valence-corrected chi connectivity index (χ0v) is 17.7. The van der Waals surface area contributed by atoms with Crippen molar-refractivity contribution in [2.24, 2.45) is 0 Å². The Hall–Kier alpha value is -4.01. The normalized spacial score (nSPS) is 10.8. The predicted octanol–water partition coefficient (Wildman–Crippen LogP) is 3.12. The zero-order chi connectivity index (χ0) is 22.5. The highest BCUT2D eigenvalue weighted by Gasteiger charge is 2.11. The first-order valence-corrected chi connectivity index (χ1v) is 10.1. The fourth-order valence-electron chi connectivity index (χ4n) is 3.13. The minimum Gasteiger partial charge on any atom is -0.484 e. The van der Waals surface area contributed by atoms with Crippen molar-refractivity contribution in [2.75, 3.05) is 19.8 Å². The summed E-state index contributed by atoms with van der Waals surface area (Å²) in [5, 5.41) is 15.3. The second kappa shape index (κ2) is 9.42. The first-order chi connectivity index (χ1) is 15.5. The van der Waals surface area contributed by atoms with Crippen LogP contribution in [0.15, 0.2) is 54.6 Å². The molecule has 2 aromatic heterocycles. The van der Waals surface area contributed by atoms with Crippen molar-refractivity contribution < 1.29 is 18.7 Å². The van der Waals surface area contributed by atoms with Gasteiger partial charge in [0.1, 0.15) is 18.2 Å². The fourth-order valence-corrected chi connectivity index (χ4v) is 3.13. The van der Waals surface area contributed by atoms with Gasteiger partial charge < -0.3 is 14.8 Å². The Morgan fingerprint density at radius 2 is 1.84 bits per heavy atom. The summed E-state index contributed by atoms with van der Waals surface area (Å²) in [7, 11) is 0. The van der Waals surface area contributed by atoms with Crippen LogP contribution in [0, 0.1) is 19.7 Å². The van der Waals surface area contributed by atoms with E-state index in [0.717, 1.165) is 11.1 Å². The Morgan fingerprint density at radius 1 is 1.03 bits per heavy atom. The number of rotatable bonds is 8. The van der Waals surface area contributed by atoms with E-state index in [9.17, 15) is 9.18 Å². The molecule has 4 rings (SSSR count). The predicted molar refractivity (Wildman–Crippen MR) is 116 cm³/mol. The van der Waals surface area contributed by atoms with Gasteiger partial charge in [-0.05, 0) is 55.8 Å². The van der Waals surface area contributed by atoms with Crippen molar-refractivity contribution in [1.29, 1.82) is 0 Å². The van der Waals surface area contributed by atoms with Gasteiger partial charge in [-0.2, -0.15) is 4.52 Å². The second-order valence-corrected chi connectivity index (χ2v) is 7.23. The number of ether oxygens (including phenoxy) is 2. The van der Waals surface area contributed by atoms with Crippen molar-refractivity contribution >= 4 is 11.6 Å². The summed E-state index contributed by atoms with van der Waals surface area (Å²) < 4.78 is 25.9. The number of halogens is 1. The van der Waals surface area contributed by atoms with Gasteiger partial charge >= 0.3 is 0 Å². The van der Waals surface area contributed by atoms with Crippen LogP contribution in [0.2, 0.25) is 0 Å². The Balaban J connectivity index is 1.29. The molecule has 0 unspecified atom stereocenters. The largest absolute Gasteiger partial charge is 0.484 e. The van der Waals surface area contributed by atoms with E-state index in [1.165, 1.54) is 16.6 Å². The fraction of sp³-hybridized carbons (Fsp3) is 0.217. The third kappa shape index (κ3) is 5.00. The molecule has 8 nitrogen and oxygen atoms in total. The van der Waals surface area contributed by atoms with Gasteiger partial charge in [0.2, 0.25) is 5.88 Å². The van der Waals surface area contributed by atoms with Crippen LogP contribution in [0.25, 0.3) is 17.0 Å². The minimum absolute atomic E-state index is 0.0736. The number of aryl methyl sites for hydroxylation is 2. The van der Waals surface area contributed by atoms with E-state index in [1.807, 2.05) is 32.0 Å². The van der Waals surface area contributed by atoms with Crippen LogP contribution in [-0.4, -0.2) is 45.5 Å². The molecule has 32 heavy (non-hydrogen) atoms. The number of hydrogen-bond donors (Lipinski definition) is 1. The van der Waals surface area contributed by atoms with Gasteiger partial charge in [-0.1, -0.05) is 17.7 Å². The first-order valence-electron chi connectivity index (χ1n) is 10.1. The van der Waals surface area contributed by atoms with E-state index in [2.05, 4.69) is 20.6 Å². The van der Waals surface area contributed by atoms with Crippen LogP contribution in [0.1, 0.15) is 11.1 Å². The Morgan fingerprint density at radius 3 is 2.62 bits per heavy atom. The maximum absolute atomic E-state index is 13.2. The van der Waals surface area contributed by atoms with E-state index < -0.39 is 0 Å². The van der Waals surface area contributed by atoms with Crippen molar-refractivity contribution in [2.45, 2.75) is 13.8 Å². The molecule has 2 heterocycles. The van der Waals surface area contributed by atoms with Crippen molar-refractivity contribution in [3.05, 3.63) is 71.5 Å². The first kappa shape index (κ1) is 21.2. The van der Waals surface area contributed by atoms with Crippen molar-refractivity contribution in [1.82, 2.24) is 25.1 Å². The molecule has 0 atom stereocenters. The topological polar surface area (TPSA) is 90.6 Å². The van der Waals surface area contributed by atoms with Gasteiger partial charge in [0.05, 0.1) is 6.54 Å². The number of amides is 1. The molecule has 0 saturated carbocycles. The molecule has 4 aromatic rings. The Kier molecular flexibility index (Phi) is 6.25. The lowest BCUT2D eigenvalue weighted by Crippen LogP contribution is -2.32. The molecular formula is C23H22FN5O3. The molecule has 0 fully saturated rings. The minimum atomic E-state index is -0.332. The quantitative estimate of drug-likeness (QED) is 0.428. The number of carbonyl (C=O) groups excluding carboxylic acids is 1. The van der Waals surface area contributed by atoms with E-state index in [-0.39, 0.29) is 24.9 Å². The molecule has 2 aromatic carbocycles. The van der Waals surface area contributed by atoms with Gasteiger partial charge in [0, 0.05) is 11.6 Å². The lowest BCUT2D eigenvalue weighted by atomic mass is 10.1. The van der Waals surface area contributed by atoms with E-state index >= 15 is 0 Å². The van der Waals surface area contributed by atoms with E-state index in [0.29, 0.717) is 35.2 Å². The number of nitrogens with zero attached hydrogens (tertiary/aromatic N) is 4. The van der Waals surface area contributed by atoms with Gasteiger partial charge in [-0.15, -0.1) is 15.3 Å². The van der Waals surface area contributed by atoms with Crippen LogP contribution in [0.4, 0.5) is 4.39 Å². The number of hydrogen-bond acceptors (Lipinski definition) is 6. The van der Waals surface area contributed by atoms with Crippen LogP contribution in [0.5, 0.6) is 11.6 Å². The van der Waals surface area contributed by atoms with Crippen molar-refractivity contribution in [3.63, 3.8) is 0 Å². The maximum Gasteiger partial charge on any atom is 0.258 e. The molecule has 0 aliphatic carbocycles. The SMILES string of the molecule is Cc1ccc(OCC(=O)NCCOc2ccc3nnc(-c4ccc(F)cc4)n3n2)c(C)c1. The standard InChI is InChI=1S/C23H22FN5O3/c1-15-3-8-19(16(2)13-15)32-14-21(30)25-11-12-31-22-10-9-20-26-27-23(29(20)28-22)17-4-6-18(24)7-5-17/h3-10,13H,11-12,14H2,1-2H3,(H,25,30). The Bertz CT molecular complexity index is 1240. The summed E-state index contributed by atoms with van der Waals surface area (Å²) in [5.41, 5.74) is 3.34. The molecule has 0 aliphatic rings. The Labute approximate surface area is 184 Å². The lowest BCUT2D eigenvalue weighted by molar-refractivity contribution is -0.123. The summed E-state index contributed by atoms with van der Waals surface area (Å²) in [6.45, 7) is 4.39. The summed E-state index contributed by atoms with van der Waals surface area (Å²) >= 11 is 0. The molecule has 0 bridgehead atoms. The summed E-state index contributed by atoms with van der Waals surface area (Å²) in [5.74, 6) is 0.935. The average molecular weight is 435 g/mol. The molecule has 9 heteroatoms. The van der Waals surface area contributed by atoms with Crippen LogP contribution < -0.4 is 14.8 Å².